The molecule has 1 aliphatic heterocycles. The Morgan fingerprint density at radius 3 is 1.67 bits per heavy atom. The van der Waals surface area contributed by atoms with Gasteiger partial charge < -0.3 is 14.8 Å². The van der Waals surface area contributed by atoms with Crippen molar-refractivity contribution in [3.05, 3.63) is 22.5 Å². The SMILES string of the molecule is COCC1=C(C#N)C(C)(C)C(C#N)=C(COC)N1. The molecule has 18 heavy (non-hydrogen) atoms. The second-order valence-corrected chi connectivity index (χ2v) is 4.55. The van der Waals surface area contributed by atoms with Crippen molar-refractivity contribution in [1.29, 1.82) is 10.5 Å². The van der Waals surface area contributed by atoms with Gasteiger partial charge in [-0.25, -0.2) is 0 Å². The number of rotatable bonds is 4. The summed E-state index contributed by atoms with van der Waals surface area (Å²) in [5.74, 6) is 0. The van der Waals surface area contributed by atoms with Gasteiger partial charge in [-0.15, -0.1) is 0 Å². The van der Waals surface area contributed by atoms with E-state index in [1.165, 1.54) is 0 Å². The number of nitriles is 2. The van der Waals surface area contributed by atoms with Crippen LogP contribution in [-0.2, 0) is 9.47 Å². The summed E-state index contributed by atoms with van der Waals surface area (Å²) in [7, 11) is 3.13. The number of hydrogen-bond acceptors (Lipinski definition) is 5. The summed E-state index contributed by atoms with van der Waals surface area (Å²) in [5, 5.41) is 21.7. The minimum absolute atomic E-state index is 0.304. The molecule has 0 radical (unpaired) electrons. The normalized spacial score (nSPS) is 18.1. The maximum absolute atomic E-state index is 9.29. The van der Waals surface area contributed by atoms with Crippen molar-refractivity contribution >= 4 is 0 Å². The Hall–Kier alpha value is -1.82. The third-order valence-corrected chi connectivity index (χ3v) is 2.96. The standard InChI is InChI=1S/C13H17N3O2/c1-13(2)9(5-14)11(7-17-3)16-12(8-18-4)10(13)6-15/h16H,7-8H2,1-4H3. The van der Waals surface area contributed by atoms with Crippen LogP contribution in [0, 0.1) is 28.1 Å². The Morgan fingerprint density at radius 1 is 1.00 bits per heavy atom. The van der Waals surface area contributed by atoms with Crippen LogP contribution in [0.4, 0.5) is 0 Å². The molecule has 0 aliphatic carbocycles. The van der Waals surface area contributed by atoms with Crippen LogP contribution in [0.1, 0.15) is 13.8 Å². The van der Waals surface area contributed by atoms with Crippen molar-refractivity contribution in [2.24, 2.45) is 5.41 Å². The fourth-order valence-corrected chi connectivity index (χ4v) is 2.11. The molecule has 0 unspecified atom stereocenters. The van der Waals surface area contributed by atoms with Crippen molar-refractivity contribution in [3.8, 4) is 12.1 Å². The summed E-state index contributed by atoms with van der Waals surface area (Å²) in [5.41, 5.74) is 1.81. The summed E-state index contributed by atoms with van der Waals surface area (Å²) < 4.78 is 10.2. The molecule has 5 heteroatoms. The first-order chi connectivity index (χ1) is 8.52. The molecule has 0 saturated carbocycles. The molecule has 1 rings (SSSR count). The van der Waals surface area contributed by atoms with E-state index < -0.39 is 5.41 Å². The average molecular weight is 247 g/mol. The summed E-state index contributed by atoms with van der Waals surface area (Å²) >= 11 is 0. The first kappa shape index (κ1) is 14.2. The number of allylic oxidation sites excluding steroid dienone is 2. The average Bonchev–Trinajstić information content (AvgIpc) is 2.29. The van der Waals surface area contributed by atoms with Crippen molar-refractivity contribution in [1.82, 2.24) is 5.32 Å². The topological polar surface area (TPSA) is 78.1 Å². The molecule has 1 N–H and O–H groups in total. The molecule has 0 aromatic rings. The molecule has 0 amide bonds. The largest absolute Gasteiger partial charge is 0.378 e. The zero-order valence-electron chi connectivity index (χ0n) is 11.1. The Labute approximate surface area is 107 Å². The van der Waals surface area contributed by atoms with Crippen LogP contribution >= 0.6 is 0 Å². The summed E-state index contributed by atoms with van der Waals surface area (Å²) in [6.07, 6.45) is 0. The molecule has 1 heterocycles. The minimum Gasteiger partial charge on any atom is -0.378 e. The van der Waals surface area contributed by atoms with Gasteiger partial charge in [0.15, 0.2) is 0 Å². The molecule has 1 aliphatic rings. The van der Waals surface area contributed by atoms with Gasteiger partial charge >= 0.3 is 0 Å². The lowest BCUT2D eigenvalue weighted by Gasteiger charge is -2.33. The van der Waals surface area contributed by atoms with E-state index in [1.54, 1.807) is 14.2 Å². The maximum atomic E-state index is 9.29. The van der Waals surface area contributed by atoms with Gasteiger partial charge in [-0.1, -0.05) is 13.8 Å². The Balaban J connectivity index is 3.32. The second kappa shape index (κ2) is 5.68. The Morgan fingerprint density at radius 2 is 1.39 bits per heavy atom. The molecule has 0 fully saturated rings. The van der Waals surface area contributed by atoms with Gasteiger partial charge in [0.25, 0.3) is 0 Å². The van der Waals surface area contributed by atoms with Gasteiger partial charge in [-0.3, -0.25) is 0 Å². The third-order valence-electron chi connectivity index (χ3n) is 2.96. The molecule has 0 aromatic heterocycles. The molecular formula is C13H17N3O2. The first-order valence-corrected chi connectivity index (χ1v) is 5.55. The summed E-state index contributed by atoms with van der Waals surface area (Å²) in [6.45, 7) is 4.32. The fourth-order valence-electron chi connectivity index (χ4n) is 2.11. The molecule has 0 saturated heterocycles. The van der Waals surface area contributed by atoms with Crippen LogP contribution in [0.5, 0.6) is 0 Å². The number of nitrogens with one attached hydrogen (secondary N) is 1. The van der Waals surface area contributed by atoms with Gasteiger partial charge in [0.2, 0.25) is 0 Å². The first-order valence-electron chi connectivity index (χ1n) is 5.55. The summed E-state index contributed by atoms with van der Waals surface area (Å²) in [6, 6.07) is 4.33. The quantitative estimate of drug-likeness (QED) is 0.813. The van der Waals surface area contributed by atoms with Crippen LogP contribution in [0.15, 0.2) is 22.5 Å². The van der Waals surface area contributed by atoms with E-state index >= 15 is 0 Å². The van der Waals surface area contributed by atoms with Gasteiger partial charge in [0.05, 0.1) is 47.9 Å². The lowest BCUT2D eigenvalue weighted by molar-refractivity contribution is 0.204. The highest BCUT2D eigenvalue weighted by molar-refractivity contribution is 5.51. The van der Waals surface area contributed by atoms with E-state index in [-0.39, 0.29) is 0 Å². The molecular weight excluding hydrogens is 230 g/mol. The molecule has 0 aromatic carbocycles. The maximum Gasteiger partial charge on any atom is 0.0975 e. The van der Waals surface area contributed by atoms with Crippen molar-refractivity contribution in [2.45, 2.75) is 13.8 Å². The van der Waals surface area contributed by atoms with E-state index in [4.69, 9.17) is 9.47 Å². The number of hydrogen-bond donors (Lipinski definition) is 1. The zero-order chi connectivity index (χ0) is 13.8. The molecule has 0 atom stereocenters. The summed E-state index contributed by atoms with van der Waals surface area (Å²) in [4.78, 5) is 0. The van der Waals surface area contributed by atoms with E-state index in [2.05, 4.69) is 17.5 Å². The van der Waals surface area contributed by atoms with E-state index in [0.717, 1.165) is 0 Å². The van der Waals surface area contributed by atoms with Crippen LogP contribution in [0.2, 0.25) is 0 Å². The van der Waals surface area contributed by atoms with Crippen LogP contribution in [0.25, 0.3) is 0 Å². The number of nitrogens with zero attached hydrogens (tertiary/aromatic N) is 2. The Bertz CT molecular complexity index is 433. The van der Waals surface area contributed by atoms with Gasteiger partial charge in [-0.05, 0) is 0 Å². The third kappa shape index (κ3) is 2.38. The molecule has 0 bridgehead atoms. The van der Waals surface area contributed by atoms with Crippen molar-refractivity contribution < 1.29 is 9.47 Å². The minimum atomic E-state index is -0.628. The predicted molar refractivity (Wildman–Crippen MR) is 65.9 cm³/mol. The van der Waals surface area contributed by atoms with Crippen molar-refractivity contribution in [3.63, 3.8) is 0 Å². The zero-order valence-corrected chi connectivity index (χ0v) is 11.1. The number of dihydropyridines is 1. The highest BCUT2D eigenvalue weighted by atomic mass is 16.5. The monoisotopic (exact) mass is 247 g/mol. The lowest BCUT2D eigenvalue weighted by Crippen LogP contribution is -2.35. The van der Waals surface area contributed by atoms with Crippen LogP contribution < -0.4 is 5.32 Å². The van der Waals surface area contributed by atoms with E-state index in [0.29, 0.717) is 35.8 Å². The van der Waals surface area contributed by atoms with Gasteiger partial charge in [-0.2, -0.15) is 10.5 Å². The lowest BCUT2D eigenvalue weighted by atomic mass is 9.74. The molecule has 96 valence electrons. The molecule has 0 spiro atoms. The Kier molecular flexibility index (Phi) is 4.49. The smallest absolute Gasteiger partial charge is 0.0975 e. The van der Waals surface area contributed by atoms with Gasteiger partial charge in [0, 0.05) is 19.6 Å². The van der Waals surface area contributed by atoms with E-state index in [1.807, 2.05) is 13.8 Å². The molecule has 5 nitrogen and oxygen atoms in total. The van der Waals surface area contributed by atoms with E-state index in [9.17, 15) is 10.5 Å². The predicted octanol–water partition coefficient (Wildman–Crippen LogP) is 1.46. The van der Waals surface area contributed by atoms with Gasteiger partial charge in [0.1, 0.15) is 0 Å². The van der Waals surface area contributed by atoms with Crippen molar-refractivity contribution in [2.75, 3.05) is 27.4 Å². The highest BCUT2D eigenvalue weighted by Gasteiger charge is 2.37. The highest BCUT2D eigenvalue weighted by Crippen LogP contribution is 2.40. The number of ether oxygens (including phenoxy) is 2. The second-order valence-electron chi connectivity index (χ2n) is 4.55. The fraction of sp³-hybridized carbons (Fsp3) is 0.538. The van der Waals surface area contributed by atoms with Crippen LogP contribution in [-0.4, -0.2) is 27.4 Å². The van der Waals surface area contributed by atoms with Crippen LogP contribution in [0.3, 0.4) is 0 Å². The number of methoxy groups -OCH3 is 2.